The molecule has 0 aliphatic carbocycles. The van der Waals surface area contributed by atoms with Gasteiger partial charge in [-0.05, 0) is 174 Å². The molecule has 0 saturated carbocycles. The van der Waals surface area contributed by atoms with Gasteiger partial charge in [-0.25, -0.2) is 16.8 Å². The van der Waals surface area contributed by atoms with Crippen LogP contribution in [0.2, 0.25) is 0 Å². The molecule has 0 fully saturated rings. The molecule has 6 aromatic rings. The predicted octanol–water partition coefficient (Wildman–Crippen LogP) is 11.1. The Morgan fingerprint density at radius 1 is 0.375 bits per heavy atom. The van der Waals surface area contributed by atoms with E-state index < -0.39 is 19.7 Å². The lowest BCUT2D eigenvalue weighted by Crippen LogP contribution is -2.02. The van der Waals surface area contributed by atoms with Crippen molar-refractivity contribution in [2.45, 2.75) is 75.0 Å². The summed E-state index contributed by atoms with van der Waals surface area (Å²) < 4.78 is 74.0. The van der Waals surface area contributed by atoms with Gasteiger partial charge in [-0.1, -0.05) is 35.4 Å². The number of rotatable bonds is 10. The molecule has 0 bridgehead atoms. The van der Waals surface area contributed by atoms with Crippen molar-refractivity contribution in [1.29, 1.82) is 0 Å². The molecule has 0 unspecified atom stereocenters. The lowest BCUT2D eigenvalue weighted by atomic mass is 10.0. The summed E-state index contributed by atoms with van der Waals surface area (Å²) in [5, 5.41) is 0. The Morgan fingerprint density at radius 2 is 0.714 bits per heavy atom. The van der Waals surface area contributed by atoms with Gasteiger partial charge in [-0.15, -0.1) is 0 Å². The van der Waals surface area contributed by atoms with E-state index in [-0.39, 0.29) is 19.6 Å². The zero-order valence-corrected chi connectivity index (χ0v) is 35.1. The maximum absolute atomic E-state index is 12.8. The second-order valence-corrected chi connectivity index (χ2v) is 17.6. The number of ether oxygens (including phenoxy) is 4. The Morgan fingerprint density at radius 3 is 1.12 bits per heavy atom. The molecule has 8 nitrogen and oxygen atoms in total. The summed E-state index contributed by atoms with van der Waals surface area (Å²) in [6.07, 6.45) is 0. The lowest BCUT2D eigenvalue weighted by Gasteiger charge is -2.16. The summed E-state index contributed by atoms with van der Waals surface area (Å²) in [6.45, 7) is 15.7. The van der Waals surface area contributed by atoms with Crippen LogP contribution in [0.15, 0.2) is 129 Å². The third-order valence-corrected chi connectivity index (χ3v) is 13.3. The summed E-state index contributed by atoms with van der Waals surface area (Å²) in [6, 6.07) is 30.6. The van der Waals surface area contributed by atoms with Crippen molar-refractivity contribution >= 4 is 19.7 Å². The first-order valence-corrected chi connectivity index (χ1v) is 20.9. The topological polar surface area (TPSA) is 105 Å². The smallest absolute Gasteiger partial charge is 0.206 e. The van der Waals surface area contributed by atoms with Gasteiger partial charge < -0.3 is 18.9 Å². The van der Waals surface area contributed by atoms with Crippen molar-refractivity contribution in [1.82, 2.24) is 0 Å². The fourth-order valence-electron chi connectivity index (χ4n) is 6.16. The lowest BCUT2D eigenvalue weighted by molar-refractivity contribution is 0.405. The van der Waals surface area contributed by atoms with Crippen molar-refractivity contribution in [3.63, 3.8) is 0 Å². The Labute approximate surface area is 331 Å². The highest BCUT2D eigenvalue weighted by molar-refractivity contribution is 7.91. The van der Waals surface area contributed by atoms with Crippen LogP contribution < -0.4 is 18.9 Å². The Kier molecular flexibility index (Phi) is 12.7. The van der Waals surface area contributed by atoms with E-state index in [1.807, 2.05) is 67.5 Å². The normalized spacial score (nSPS) is 11.3. The molecule has 0 atom stereocenters. The van der Waals surface area contributed by atoms with E-state index in [4.69, 9.17) is 18.9 Å². The van der Waals surface area contributed by atoms with E-state index in [1.165, 1.54) is 0 Å². The average molecular weight is 793 g/mol. The maximum atomic E-state index is 12.8. The molecule has 0 aliphatic rings. The van der Waals surface area contributed by atoms with Crippen molar-refractivity contribution in [3.05, 3.63) is 154 Å². The van der Waals surface area contributed by atoms with Crippen LogP contribution in [0.1, 0.15) is 44.5 Å². The van der Waals surface area contributed by atoms with Crippen LogP contribution in [0.5, 0.6) is 34.5 Å². The third-order valence-electron chi connectivity index (χ3n) is 9.76. The molecule has 0 heterocycles. The van der Waals surface area contributed by atoms with E-state index in [9.17, 15) is 16.8 Å². The molecule has 0 N–H and O–H groups in total. The van der Waals surface area contributed by atoms with E-state index in [0.29, 0.717) is 11.5 Å². The predicted molar refractivity (Wildman–Crippen MR) is 221 cm³/mol. The number of aryl methyl sites for hydroxylation is 4. The maximum Gasteiger partial charge on any atom is 0.206 e. The zero-order chi connectivity index (χ0) is 40.9. The summed E-state index contributed by atoms with van der Waals surface area (Å²) in [5.41, 5.74) is 7.99. The van der Waals surface area contributed by atoms with Crippen LogP contribution in [-0.4, -0.2) is 31.1 Å². The van der Waals surface area contributed by atoms with Gasteiger partial charge in [0.25, 0.3) is 0 Å². The van der Waals surface area contributed by atoms with Crippen molar-refractivity contribution in [2.24, 2.45) is 0 Å². The molecular weight excluding hydrogens is 745 g/mol. The van der Waals surface area contributed by atoms with Crippen LogP contribution in [0, 0.1) is 55.4 Å². The van der Waals surface area contributed by atoms with Gasteiger partial charge in [0, 0.05) is 0 Å². The van der Waals surface area contributed by atoms with Crippen LogP contribution >= 0.6 is 0 Å². The summed E-state index contributed by atoms with van der Waals surface area (Å²) in [5.74, 6) is 4.32. The summed E-state index contributed by atoms with van der Waals surface area (Å²) in [4.78, 5) is 1.04. The highest BCUT2D eigenvalue weighted by Crippen LogP contribution is 2.37. The minimum atomic E-state index is -3.55. The molecular formula is C46H48O8S2. The molecule has 10 heteroatoms. The van der Waals surface area contributed by atoms with Crippen molar-refractivity contribution in [2.75, 3.05) is 14.2 Å². The molecule has 0 aromatic heterocycles. The van der Waals surface area contributed by atoms with Crippen LogP contribution in [0.25, 0.3) is 0 Å². The fraction of sp³-hybridized carbons (Fsp3) is 0.217. The van der Waals surface area contributed by atoms with Crippen LogP contribution in [-0.2, 0) is 19.7 Å². The minimum Gasteiger partial charge on any atom is -0.496 e. The van der Waals surface area contributed by atoms with Gasteiger partial charge >= 0.3 is 0 Å². The van der Waals surface area contributed by atoms with Gasteiger partial charge in [-0.3, -0.25) is 0 Å². The van der Waals surface area contributed by atoms with E-state index in [1.54, 1.807) is 111 Å². The molecule has 292 valence electrons. The second kappa shape index (κ2) is 17.1. The Balaban J connectivity index is 0.000000214. The zero-order valence-electron chi connectivity index (χ0n) is 33.5. The number of hydrogen-bond donors (Lipinski definition) is 0. The first kappa shape index (κ1) is 41.6. The SMILES string of the molecule is COc1c(C)cc(Oc2ccc(S(=O)(=O)c3ccc(C)cc3)cc2)c(C)c1C.COc1cc(C)c(Oc2ccc(S(=O)(=O)c3ccc(C)cc3)cc2)c(C)c1C. The molecule has 56 heavy (non-hydrogen) atoms. The van der Waals surface area contributed by atoms with Gasteiger partial charge in [0.05, 0.1) is 33.8 Å². The molecule has 6 rings (SSSR count). The quantitative estimate of drug-likeness (QED) is 0.135. The summed E-state index contributed by atoms with van der Waals surface area (Å²) in [7, 11) is -3.79. The molecule has 0 aliphatic heterocycles. The number of hydrogen-bond acceptors (Lipinski definition) is 8. The number of benzene rings is 6. The largest absolute Gasteiger partial charge is 0.496 e. The highest BCUT2D eigenvalue weighted by atomic mass is 32.2. The standard InChI is InChI=1S/2C23H24O4S/c1-15-6-10-20(11-7-15)28(24,25)21-12-8-19(9-13-21)27-22-14-16(2)23(26-5)18(4)17(22)3;1-15-6-10-20(11-7-15)28(24,25)21-12-8-19(9-13-21)27-23-16(2)14-22(26-5)17(3)18(23)4/h2*6-14H,1-5H3. The molecule has 0 spiro atoms. The highest BCUT2D eigenvalue weighted by Gasteiger charge is 2.20. The van der Waals surface area contributed by atoms with E-state index in [2.05, 4.69) is 0 Å². The van der Waals surface area contributed by atoms with Crippen LogP contribution in [0.4, 0.5) is 0 Å². The molecule has 0 saturated heterocycles. The Bertz CT molecular complexity index is 2560. The van der Waals surface area contributed by atoms with Crippen molar-refractivity contribution < 1.29 is 35.8 Å². The van der Waals surface area contributed by atoms with E-state index >= 15 is 0 Å². The van der Waals surface area contributed by atoms with Crippen LogP contribution in [0.3, 0.4) is 0 Å². The number of methoxy groups -OCH3 is 2. The van der Waals surface area contributed by atoms with E-state index in [0.717, 1.165) is 67.5 Å². The molecule has 0 radical (unpaired) electrons. The van der Waals surface area contributed by atoms with Gasteiger partial charge in [0.15, 0.2) is 0 Å². The number of sulfone groups is 2. The molecule has 6 aromatic carbocycles. The second-order valence-electron chi connectivity index (χ2n) is 13.7. The van der Waals surface area contributed by atoms with Gasteiger partial charge in [-0.2, -0.15) is 0 Å². The first-order valence-electron chi connectivity index (χ1n) is 18.0. The van der Waals surface area contributed by atoms with Gasteiger partial charge in [0.1, 0.15) is 34.5 Å². The summed E-state index contributed by atoms with van der Waals surface area (Å²) >= 11 is 0. The Hall–Kier alpha value is -5.58. The third kappa shape index (κ3) is 8.93. The minimum absolute atomic E-state index is 0.238. The van der Waals surface area contributed by atoms with Crippen molar-refractivity contribution in [3.8, 4) is 34.5 Å². The van der Waals surface area contributed by atoms with Gasteiger partial charge in [0.2, 0.25) is 19.7 Å². The fourth-order valence-corrected chi connectivity index (χ4v) is 8.68. The first-order chi connectivity index (χ1) is 26.5. The monoisotopic (exact) mass is 792 g/mol. The molecule has 0 amide bonds. The average Bonchev–Trinajstić information content (AvgIpc) is 3.18.